The quantitative estimate of drug-likeness (QED) is 0.611. The number of rotatable bonds is 3. The number of nitrogens with zero attached hydrogens (tertiary/aromatic N) is 2. The van der Waals surface area contributed by atoms with Crippen LogP contribution in [0.5, 0.6) is 0 Å². The van der Waals surface area contributed by atoms with Gasteiger partial charge >= 0.3 is 5.97 Å². The second-order valence-electron chi connectivity index (χ2n) is 2.79. The summed E-state index contributed by atoms with van der Waals surface area (Å²) in [6.45, 7) is 3.86. The first-order valence-corrected chi connectivity index (χ1v) is 5.47. The second kappa shape index (κ2) is 4.41. The highest BCUT2D eigenvalue weighted by Gasteiger charge is 2.13. The van der Waals surface area contributed by atoms with Gasteiger partial charge in [-0.25, -0.2) is 14.8 Å². The van der Waals surface area contributed by atoms with Crippen LogP contribution in [0, 0.1) is 6.92 Å². The van der Waals surface area contributed by atoms with Crippen LogP contribution in [0.2, 0.25) is 0 Å². The van der Waals surface area contributed by atoms with E-state index in [9.17, 15) is 4.79 Å². The Morgan fingerprint density at radius 2 is 2.14 bits per heavy atom. The van der Waals surface area contributed by atoms with Gasteiger partial charge in [-0.3, -0.25) is 0 Å². The normalized spacial score (nSPS) is 10.2. The Balaban J connectivity index is 3.32. The minimum Gasteiger partial charge on any atom is -0.475 e. The van der Waals surface area contributed by atoms with Crippen LogP contribution in [-0.2, 0) is 6.42 Å². The topological polar surface area (TPSA) is 63.1 Å². The van der Waals surface area contributed by atoms with E-state index < -0.39 is 5.97 Å². The molecular formula is C9H12N2O2S. The first-order chi connectivity index (χ1) is 6.60. The van der Waals surface area contributed by atoms with Crippen molar-refractivity contribution in [2.45, 2.75) is 25.3 Å². The van der Waals surface area contributed by atoms with Crippen LogP contribution in [-0.4, -0.2) is 27.3 Å². The van der Waals surface area contributed by atoms with E-state index >= 15 is 0 Å². The fourth-order valence-corrected chi connectivity index (χ4v) is 1.78. The molecule has 0 radical (unpaired) electrons. The summed E-state index contributed by atoms with van der Waals surface area (Å²) in [5.74, 6) is -1.19. The Morgan fingerprint density at radius 3 is 2.57 bits per heavy atom. The smallest absolute Gasteiger partial charge is 0.373 e. The first kappa shape index (κ1) is 11.0. The minimum absolute atomic E-state index is 0.114. The molecule has 0 saturated carbocycles. The molecule has 0 bridgehead atoms. The molecule has 0 saturated heterocycles. The lowest BCUT2D eigenvalue weighted by molar-refractivity contribution is 0.0682. The van der Waals surface area contributed by atoms with E-state index in [1.165, 1.54) is 11.8 Å². The zero-order valence-electron chi connectivity index (χ0n) is 8.37. The third kappa shape index (κ3) is 2.04. The summed E-state index contributed by atoms with van der Waals surface area (Å²) in [6.07, 6.45) is 2.60. The average Bonchev–Trinajstić information content (AvgIpc) is 2.17. The summed E-state index contributed by atoms with van der Waals surface area (Å²) in [5, 5.41) is 9.53. The number of aromatic carboxylic acids is 1. The number of carboxylic acids is 1. The molecule has 4 nitrogen and oxygen atoms in total. The van der Waals surface area contributed by atoms with Crippen molar-refractivity contribution < 1.29 is 9.90 Å². The molecule has 0 atom stereocenters. The van der Waals surface area contributed by atoms with Crippen molar-refractivity contribution >= 4 is 17.7 Å². The monoisotopic (exact) mass is 212 g/mol. The number of thioether (sulfide) groups is 1. The van der Waals surface area contributed by atoms with Crippen molar-refractivity contribution in [3.05, 3.63) is 17.1 Å². The van der Waals surface area contributed by atoms with Crippen molar-refractivity contribution in [2.75, 3.05) is 6.26 Å². The summed E-state index contributed by atoms with van der Waals surface area (Å²) in [7, 11) is 0. The number of hydrogen-bond donors (Lipinski definition) is 1. The lowest BCUT2D eigenvalue weighted by Crippen LogP contribution is -2.09. The zero-order valence-corrected chi connectivity index (χ0v) is 9.18. The Morgan fingerprint density at radius 1 is 1.50 bits per heavy atom. The molecular weight excluding hydrogens is 200 g/mol. The fourth-order valence-electron chi connectivity index (χ4n) is 1.18. The number of aryl methyl sites for hydroxylation is 1. The standard InChI is InChI=1S/C9H12N2O2S/c1-4-6-5(2)8(14-3)11-7(10-6)9(12)13/h4H2,1-3H3,(H,12,13). The molecule has 0 fully saturated rings. The summed E-state index contributed by atoms with van der Waals surface area (Å²) in [6, 6.07) is 0. The Kier molecular flexibility index (Phi) is 3.46. The lowest BCUT2D eigenvalue weighted by atomic mass is 10.2. The Hall–Kier alpha value is -1.10. The summed E-state index contributed by atoms with van der Waals surface area (Å²) in [4.78, 5) is 18.6. The number of aromatic nitrogens is 2. The summed E-state index contributed by atoms with van der Waals surface area (Å²) < 4.78 is 0. The third-order valence-electron chi connectivity index (χ3n) is 1.92. The van der Waals surface area contributed by atoms with E-state index in [-0.39, 0.29) is 5.82 Å². The van der Waals surface area contributed by atoms with Crippen LogP contribution in [0.25, 0.3) is 0 Å². The molecule has 1 aromatic heterocycles. The molecule has 76 valence electrons. The summed E-state index contributed by atoms with van der Waals surface area (Å²) in [5.41, 5.74) is 1.78. The van der Waals surface area contributed by atoms with E-state index in [1.807, 2.05) is 20.1 Å². The second-order valence-corrected chi connectivity index (χ2v) is 3.58. The molecule has 14 heavy (non-hydrogen) atoms. The van der Waals surface area contributed by atoms with Gasteiger partial charge in [-0.1, -0.05) is 6.92 Å². The van der Waals surface area contributed by atoms with Gasteiger partial charge in [0, 0.05) is 11.3 Å². The fraction of sp³-hybridized carbons (Fsp3) is 0.444. The van der Waals surface area contributed by atoms with Gasteiger partial charge in [0.1, 0.15) is 5.03 Å². The van der Waals surface area contributed by atoms with Gasteiger partial charge in [0.05, 0.1) is 0 Å². The molecule has 0 amide bonds. The van der Waals surface area contributed by atoms with Crippen molar-refractivity contribution in [1.82, 2.24) is 9.97 Å². The third-order valence-corrected chi connectivity index (χ3v) is 2.71. The van der Waals surface area contributed by atoms with Gasteiger partial charge in [0.2, 0.25) is 5.82 Å². The van der Waals surface area contributed by atoms with Crippen LogP contribution in [0.15, 0.2) is 5.03 Å². The average molecular weight is 212 g/mol. The summed E-state index contributed by atoms with van der Waals surface area (Å²) >= 11 is 1.44. The van der Waals surface area contributed by atoms with Crippen molar-refractivity contribution in [3.63, 3.8) is 0 Å². The molecule has 0 spiro atoms. The maximum atomic E-state index is 10.7. The van der Waals surface area contributed by atoms with Crippen LogP contribution >= 0.6 is 11.8 Å². The number of carboxylic acid groups (broad SMARTS) is 1. The zero-order chi connectivity index (χ0) is 10.7. The molecule has 1 rings (SSSR count). The van der Waals surface area contributed by atoms with E-state index in [0.717, 1.165) is 22.7 Å². The van der Waals surface area contributed by atoms with Gasteiger partial charge < -0.3 is 5.11 Å². The predicted octanol–water partition coefficient (Wildman–Crippen LogP) is 1.77. The molecule has 1 aromatic rings. The highest BCUT2D eigenvalue weighted by Crippen LogP contribution is 2.19. The molecule has 1 heterocycles. The van der Waals surface area contributed by atoms with Crippen LogP contribution in [0.4, 0.5) is 0 Å². The van der Waals surface area contributed by atoms with E-state index in [1.54, 1.807) is 0 Å². The van der Waals surface area contributed by atoms with Crippen LogP contribution in [0.1, 0.15) is 28.8 Å². The first-order valence-electron chi connectivity index (χ1n) is 4.25. The van der Waals surface area contributed by atoms with E-state index in [2.05, 4.69) is 9.97 Å². The van der Waals surface area contributed by atoms with Crippen LogP contribution in [0.3, 0.4) is 0 Å². The van der Waals surface area contributed by atoms with E-state index in [0.29, 0.717) is 0 Å². The van der Waals surface area contributed by atoms with Gasteiger partial charge in [0.25, 0.3) is 0 Å². The molecule has 0 aliphatic rings. The maximum absolute atomic E-state index is 10.7. The maximum Gasteiger partial charge on any atom is 0.373 e. The van der Waals surface area contributed by atoms with Gasteiger partial charge in [0.15, 0.2) is 0 Å². The minimum atomic E-state index is -1.07. The highest BCUT2D eigenvalue weighted by atomic mass is 32.2. The SMILES string of the molecule is CCc1nc(C(=O)O)nc(SC)c1C. The van der Waals surface area contributed by atoms with Crippen molar-refractivity contribution in [1.29, 1.82) is 0 Å². The molecule has 5 heteroatoms. The van der Waals surface area contributed by atoms with Crippen molar-refractivity contribution in [3.8, 4) is 0 Å². The van der Waals surface area contributed by atoms with Crippen molar-refractivity contribution in [2.24, 2.45) is 0 Å². The highest BCUT2D eigenvalue weighted by molar-refractivity contribution is 7.98. The molecule has 0 aliphatic heterocycles. The van der Waals surface area contributed by atoms with Crippen LogP contribution < -0.4 is 0 Å². The largest absolute Gasteiger partial charge is 0.475 e. The van der Waals surface area contributed by atoms with E-state index in [4.69, 9.17) is 5.11 Å². The predicted molar refractivity (Wildman–Crippen MR) is 54.9 cm³/mol. The molecule has 0 unspecified atom stereocenters. The Labute approximate surface area is 86.8 Å². The number of hydrogen-bond acceptors (Lipinski definition) is 4. The van der Waals surface area contributed by atoms with Gasteiger partial charge in [-0.15, -0.1) is 11.8 Å². The lowest BCUT2D eigenvalue weighted by Gasteiger charge is -2.07. The molecule has 1 N–H and O–H groups in total. The van der Waals surface area contributed by atoms with Gasteiger partial charge in [-0.05, 0) is 19.6 Å². The Bertz CT molecular complexity index is 341. The molecule has 0 aliphatic carbocycles. The van der Waals surface area contributed by atoms with Gasteiger partial charge in [-0.2, -0.15) is 0 Å². The molecule has 0 aromatic carbocycles. The number of carbonyl (C=O) groups is 1.